The number of benzene rings is 2. The monoisotopic (exact) mass is 314 g/mol. The Kier molecular flexibility index (Phi) is 4.43. The van der Waals surface area contributed by atoms with Gasteiger partial charge in [-0.2, -0.15) is 0 Å². The molecule has 0 aliphatic rings. The lowest BCUT2D eigenvalue weighted by atomic mass is 10.2. The fraction of sp³-hybridized carbons (Fsp3) is 0. The molecule has 0 bridgehead atoms. The Balaban J connectivity index is 2.50. The fourth-order valence-corrected chi connectivity index (χ4v) is 2.34. The van der Waals surface area contributed by atoms with Crippen LogP contribution in [0, 0.1) is 11.8 Å². The molecule has 0 atom stereocenters. The Morgan fingerprint density at radius 2 is 0.833 bits per heavy atom. The van der Waals surface area contributed by atoms with Gasteiger partial charge in [-0.15, -0.1) is 0 Å². The van der Waals surface area contributed by atoms with Crippen LogP contribution >= 0.6 is 46.4 Å². The first kappa shape index (κ1) is 13.6. The molecule has 0 heterocycles. The van der Waals surface area contributed by atoms with Gasteiger partial charge in [-0.25, -0.2) is 0 Å². The summed E-state index contributed by atoms with van der Waals surface area (Å²) in [5, 5.41) is 1.99. The molecule has 0 aromatic heterocycles. The Morgan fingerprint density at radius 3 is 1.11 bits per heavy atom. The number of halogens is 4. The van der Waals surface area contributed by atoms with Gasteiger partial charge in [0.2, 0.25) is 0 Å². The largest absolute Gasteiger partial charge is 0.0829 e. The Labute approximate surface area is 125 Å². The summed E-state index contributed by atoms with van der Waals surface area (Å²) in [6, 6.07) is 10.4. The van der Waals surface area contributed by atoms with E-state index < -0.39 is 0 Å². The Bertz CT molecular complexity index is 555. The van der Waals surface area contributed by atoms with Gasteiger partial charge >= 0.3 is 0 Å². The molecule has 4 heteroatoms. The quantitative estimate of drug-likeness (QED) is 0.547. The molecule has 0 saturated carbocycles. The first-order valence-corrected chi connectivity index (χ1v) is 6.51. The molecule has 0 amide bonds. The third-order valence-corrected chi connectivity index (χ3v) is 3.50. The van der Waals surface area contributed by atoms with Crippen LogP contribution in [-0.4, -0.2) is 0 Å². The Morgan fingerprint density at radius 1 is 0.556 bits per heavy atom. The highest BCUT2D eigenvalue weighted by atomic mass is 35.5. The number of rotatable bonds is 0. The molecule has 18 heavy (non-hydrogen) atoms. The van der Waals surface area contributed by atoms with Crippen molar-refractivity contribution in [3.8, 4) is 11.8 Å². The average Bonchev–Trinajstić information content (AvgIpc) is 2.31. The minimum absolute atomic E-state index is 0.498. The third kappa shape index (κ3) is 2.94. The van der Waals surface area contributed by atoms with Gasteiger partial charge in [0.25, 0.3) is 0 Å². The van der Waals surface area contributed by atoms with E-state index in [4.69, 9.17) is 46.4 Å². The van der Waals surface area contributed by atoms with Crippen LogP contribution in [0.4, 0.5) is 0 Å². The van der Waals surface area contributed by atoms with E-state index in [2.05, 4.69) is 11.8 Å². The van der Waals surface area contributed by atoms with Crippen molar-refractivity contribution in [2.24, 2.45) is 0 Å². The van der Waals surface area contributed by atoms with Crippen LogP contribution in [0.25, 0.3) is 0 Å². The molecule has 0 spiro atoms. The van der Waals surface area contributed by atoms with Crippen LogP contribution in [0.1, 0.15) is 11.1 Å². The predicted octanol–water partition coefficient (Wildman–Crippen LogP) is 5.70. The van der Waals surface area contributed by atoms with Crippen LogP contribution in [0.5, 0.6) is 0 Å². The van der Waals surface area contributed by atoms with E-state index in [9.17, 15) is 0 Å². The van der Waals surface area contributed by atoms with Gasteiger partial charge in [0, 0.05) is 0 Å². The minimum Gasteiger partial charge on any atom is -0.0829 e. The van der Waals surface area contributed by atoms with Gasteiger partial charge < -0.3 is 0 Å². The normalized spacial score (nSPS) is 9.78. The molecule has 0 unspecified atom stereocenters. The number of hydrogen-bond acceptors (Lipinski definition) is 0. The van der Waals surface area contributed by atoms with Crippen molar-refractivity contribution in [2.45, 2.75) is 0 Å². The van der Waals surface area contributed by atoms with Crippen LogP contribution in [0.2, 0.25) is 20.1 Å². The van der Waals surface area contributed by atoms with Crippen LogP contribution in [0.3, 0.4) is 0 Å². The van der Waals surface area contributed by atoms with Crippen LogP contribution < -0.4 is 0 Å². The minimum atomic E-state index is 0.498. The average molecular weight is 316 g/mol. The lowest BCUT2D eigenvalue weighted by Gasteiger charge is -2.00. The lowest BCUT2D eigenvalue weighted by molar-refractivity contribution is 1.62. The molecule has 0 saturated heterocycles. The summed E-state index contributed by atoms with van der Waals surface area (Å²) in [6.07, 6.45) is 0. The molecule has 2 aromatic carbocycles. The number of hydrogen-bond donors (Lipinski definition) is 0. The van der Waals surface area contributed by atoms with E-state index in [1.165, 1.54) is 0 Å². The smallest absolute Gasteiger partial charge is 0.0621 e. The molecule has 0 aliphatic heterocycles. The van der Waals surface area contributed by atoms with Crippen molar-refractivity contribution in [3.63, 3.8) is 0 Å². The van der Waals surface area contributed by atoms with Gasteiger partial charge in [0.1, 0.15) is 0 Å². The van der Waals surface area contributed by atoms with E-state index >= 15 is 0 Å². The predicted molar refractivity (Wildman–Crippen MR) is 78.9 cm³/mol. The highest BCUT2D eigenvalue weighted by molar-refractivity contribution is 6.37. The highest BCUT2D eigenvalue weighted by Crippen LogP contribution is 2.25. The summed E-state index contributed by atoms with van der Waals surface area (Å²) in [5.74, 6) is 5.79. The first-order chi connectivity index (χ1) is 8.59. The lowest BCUT2D eigenvalue weighted by Crippen LogP contribution is -1.82. The van der Waals surface area contributed by atoms with Gasteiger partial charge in [0.05, 0.1) is 31.2 Å². The summed E-state index contributed by atoms with van der Waals surface area (Å²) < 4.78 is 0. The maximum atomic E-state index is 6.02. The molecule has 0 aliphatic carbocycles. The zero-order valence-corrected chi connectivity index (χ0v) is 12.0. The molecule has 0 nitrogen and oxygen atoms in total. The molecular formula is C14H6Cl4. The van der Waals surface area contributed by atoms with Gasteiger partial charge in [-0.05, 0) is 24.3 Å². The fourth-order valence-electron chi connectivity index (χ4n) is 1.36. The van der Waals surface area contributed by atoms with E-state index in [1.54, 1.807) is 36.4 Å². The van der Waals surface area contributed by atoms with E-state index in [-0.39, 0.29) is 0 Å². The second-order valence-electron chi connectivity index (χ2n) is 3.44. The van der Waals surface area contributed by atoms with Gasteiger partial charge in [-0.3, -0.25) is 0 Å². The highest BCUT2D eigenvalue weighted by Gasteiger charge is 2.04. The van der Waals surface area contributed by atoms with E-state index in [0.717, 1.165) is 0 Å². The van der Waals surface area contributed by atoms with E-state index in [1.807, 2.05) is 0 Å². The maximum Gasteiger partial charge on any atom is 0.0621 e. The molecule has 0 N–H and O–H groups in total. The van der Waals surface area contributed by atoms with Crippen molar-refractivity contribution in [2.75, 3.05) is 0 Å². The Hall–Kier alpha value is -0.840. The molecule has 90 valence electrons. The van der Waals surface area contributed by atoms with Crippen molar-refractivity contribution in [1.29, 1.82) is 0 Å². The zero-order valence-electron chi connectivity index (χ0n) is 8.98. The summed E-state index contributed by atoms with van der Waals surface area (Å²) in [7, 11) is 0. The van der Waals surface area contributed by atoms with Crippen molar-refractivity contribution < 1.29 is 0 Å². The zero-order chi connectivity index (χ0) is 13.1. The van der Waals surface area contributed by atoms with Crippen LogP contribution in [0.15, 0.2) is 36.4 Å². The topological polar surface area (TPSA) is 0 Å². The summed E-state index contributed by atoms with van der Waals surface area (Å²) in [6.45, 7) is 0. The van der Waals surface area contributed by atoms with Gasteiger partial charge in [0.15, 0.2) is 0 Å². The summed E-state index contributed by atoms with van der Waals surface area (Å²) in [4.78, 5) is 0. The maximum absolute atomic E-state index is 6.02. The van der Waals surface area contributed by atoms with Gasteiger partial charge in [-0.1, -0.05) is 70.4 Å². The van der Waals surface area contributed by atoms with E-state index in [0.29, 0.717) is 31.2 Å². The summed E-state index contributed by atoms with van der Waals surface area (Å²) in [5.41, 5.74) is 1.13. The van der Waals surface area contributed by atoms with Crippen LogP contribution in [-0.2, 0) is 0 Å². The van der Waals surface area contributed by atoms with Crippen molar-refractivity contribution >= 4 is 46.4 Å². The summed E-state index contributed by atoms with van der Waals surface area (Å²) >= 11 is 24.1. The molecule has 2 rings (SSSR count). The molecular weight excluding hydrogens is 310 g/mol. The SMILES string of the molecule is Clc1cccc(Cl)c1C#Cc1c(Cl)cccc1Cl. The molecule has 0 fully saturated rings. The van der Waals surface area contributed by atoms with Crippen molar-refractivity contribution in [3.05, 3.63) is 67.6 Å². The standard InChI is InChI=1S/C14H6Cl4/c15-11-3-1-4-12(16)9(11)7-8-10-13(17)5-2-6-14(10)18/h1-6H. The second-order valence-corrected chi connectivity index (χ2v) is 5.07. The molecule has 2 aromatic rings. The first-order valence-electron chi connectivity index (χ1n) is 4.99. The van der Waals surface area contributed by atoms with Crippen molar-refractivity contribution in [1.82, 2.24) is 0 Å². The third-order valence-electron chi connectivity index (χ3n) is 2.24. The molecule has 0 radical (unpaired) electrons. The second kappa shape index (κ2) is 5.87.